The molecule has 0 rings (SSSR count). The molecular formula is C13H20N2O6. The summed E-state index contributed by atoms with van der Waals surface area (Å²) >= 11 is 0. The van der Waals surface area contributed by atoms with E-state index in [0.717, 1.165) is 4.90 Å². The standard InChI is InChI=1S/C13H20N2O6/c1-2-10(16)14-7-5-3-4-6-11(17)15(8-12(18)19)9-13(20)21/h2H,1,3-9H2,(H,14,16)(H,18,19)(H,20,21). The molecule has 0 aliphatic rings. The van der Waals surface area contributed by atoms with Crippen molar-refractivity contribution in [2.24, 2.45) is 0 Å². The Bertz CT molecular complexity index is 391. The van der Waals surface area contributed by atoms with Gasteiger partial charge in [0.05, 0.1) is 0 Å². The number of nitrogens with zero attached hydrogens (tertiary/aromatic N) is 1. The molecule has 0 radical (unpaired) electrons. The Morgan fingerprint density at radius 3 is 2.05 bits per heavy atom. The van der Waals surface area contributed by atoms with E-state index in [4.69, 9.17) is 10.2 Å². The van der Waals surface area contributed by atoms with Crippen LogP contribution < -0.4 is 5.32 Å². The van der Waals surface area contributed by atoms with Gasteiger partial charge in [-0.1, -0.05) is 13.0 Å². The minimum absolute atomic E-state index is 0.0793. The van der Waals surface area contributed by atoms with Gasteiger partial charge in [0.2, 0.25) is 11.8 Å². The number of nitrogens with one attached hydrogen (secondary N) is 1. The Kier molecular flexibility index (Phi) is 9.23. The van der Waals surface area contributed by atoms with E-state index < -0.39 is 30.9 Å². The van der Waals surface area contributed by atoms with Crippen molar-refractivity contribution < 1.29 is 29.4 Å². The highest BCUT2D eigenvalue weighted by Crippen LogP contribution is 2.03. The number of carbonyl (C=O) groups is 4. The number of carbonyl (C=O) groups excluding carboxylic acids is 2. The summed E-state index contributed by atoms with van der Waals surface area (Å²) in [6.07, 6.45) is 3.08. The van der Waals surface area contributed by atoms with Crippen LogP contribution in [0, 0.1) is 0 Å². The molecule has 3 N–H and O–H groups in total. The van der Waals surface area contributed by atoms with Gasteiger partial charge in [0.1, 0.15) is 13.1 Å². The molecule has 0 fully saturated rings. The van der Waals surface area contributed by atoms with E-state index in [2.05, 4.69) is 11.9 Å². The molecule has 0 atom stereocenters. The smallest absolute Gasteiger partial charge is 0.323 e. The molecule has 0 bridgehead atoms. The molecule has 0 unspecified atom stereocenters. The van der Waals surface area contributed by atoms with E-state index in [1.54, 1.807) is 0 Å². The summed E-state index contributed by atoms with van der Waals surface area (Å²) in [6, 6.07) is 0. The molecule has 0 saturated heterocycles. The van der Waals surface area contributed by atoms with E-state index in [-0.39, 0.29) is 12.3 Å². The van der Waals surface area contributed by atoms with Crippen LogP contribution in [0.5, 0.6) is 0 Å². The van der Waals surface area contributed by atoms with Crippen molar-refractivity contribution in [2.75, 3.05) is 19.6 Å². The fraction of sp³-hybridized carbons (Fsp3) is 0.538. The minimum Gasteiger partial charge on any atom is -0.480 e. The van der Waals surface area contributed by atoms with E-state index in [0.29, 0.717) is 25.8 Å². The average Bonchev–Trinajstić information content (AvgIpc) is 2.40. The second kappa shape index (κ2) is 10.4. The molecule has 21 heavy (non-hydrogen) atoms. The first-order valence-electron chi connectivity index (χ1n) is 6.48. The Morgan fingerprint density at radius 1 is 1.00 bits per heavy atom. The fourth-order valence-electron chi connectivity index (χ4n) is 1.58. The normalized spacial score (nSPS) is 9.71. The van der Waals surface area contributed by atoms with Gasteiger partial charge < -0.3 is 20.4 Å². The number of carboxylic acid groups (broad SMARTS) is 2. The number of aliphatic carboxylic acids is 2. The van der Waals surface area contributed by atoms with Crippen LogP contribution in [0.25, 0.3) is 0 Å². The monoisotopic (exact) mass is 300 g/mol. The summed E-state index contributed by atoms with van der Waals surface area (Å²) < 4.78 is 0. The molecule has 0 aromatic heterocycles. The minimum atomic E-state index is -1.25. The van der Waals surface area contributed by atoms with Crippen LogP contribution in [0.1, 0.15) is 25.7 Å². The van der Waals surface area contributed by atoms with Gasteiger partial charge in [-0.3, -0.25) is 19.2 Å². The number of hydrogen-bond donors (Lipinski definition) is 3. The highest BCUT2D eigenvalue weighted by molar-refractivity contribution is 5.86. The van der Waals surface area contributed by atoms with Crippen molar-refractivity contribution in [1.29, 1.82) is 0 Å². The molecular weight excluding hydrogens is 280 g/mol. The molecule has 8 nitrogen and oxygen atoms in total. The predicted molar refractivity (Wildman–Crippen MR) is 73.5 cm³/mol. The lowest BCUT2D eigenvalue weighted by Gasteiger charge is -2.18. The Balaban J connectivity index is 3.97. The van der Waals surface area contributed by atoms with Gasteiger partial charge in [-0.25, -0.2) is 0 Å². The Hall–Kier alpha value is -2.38. The summed E-state index contributed by atoms with van der Waals surface area (Å²) in [6.45, 7) is 2.52. The number of unbranched alkanes of at least 4 members (excludes halogenated alkanes) is 2. The van der Waals surface area contributed by atoms with Gasteiger partial charge in [0, 0.05) is 13.0 Å². The fourth-order valence-corrected chi connectivity index (χ4v) is 1.58. The highest BCUT2D eigenvalue weighted by atomic mass is 16.4. The van der Waals surface area contributed by atoms with Crippen LogP contribution in [0.4, 0.5) is 0 Å². The van der Waals surface area contributed by atoms with Crippen molar-refractivity contribution in [1.82, 2.24) is 10.2 Å². The number of rotatable bonds is 11. The number of amides is 2. The predicted octanol–water partition coefficient (Wildman–Crippen LogP) is -0.153. The number of hydrogen-bond acceptors (Lipinski definition) is 4. The summed E-state index contributed by atoms with van der Waals surface area (Å²) in [7, 11) is 0. The van der Waals surface area contributed by atoms with Crippen molar-refractivity contribution in [2.45, 2.75) is 25.7 Å². The largest absolute Gasteiger partial charge is 0.480 e. The maximum absolute atomic E-state index is 11.7. The van der Waals surface area contributed by atoms with Crippen LogP contribution in [-0.2, 0) is 19.2 Å². The van der Waals surface area contributed by atoms with Gasteiger partial charge in [-0.05, 0) is 18.9 Å². The zero-order chi connectivity index (χ0) is 16.3. The van der Waals surface area contributed by atoms with E-state index in [1.807, 2.05) is 0 Å². The first-order chi connectivity index (χ1) is 9.86. The van der Waals surface area contributed by atoms with Crippen LogP contribution in [0.2, 0.25) is 0 Å². The van der Waals surface area contributed by atoms with E-state index >= 15 is 0 Å². The highest BCUT2D eigenvalue weighted by Gasteiger charge is 2.18. The third-order valence-electron chi connectivity index (χ3n) is 2.56. The van der Waals surface area contributed by atoms with Crippen molar-refractivity contribution in [3.63, 3.8) is 0 Å². The summed E-state index contributed by atoms with van der Waals surface area (Å²) in [5, 5.41) is 19.8. The molecule has 0 aromatic rings. The van der Waals surface area contributed by atoms with Crippen molar-refractivity contribution >= 4 is 23.8 Å². The van der Waals surface area contributed by atoms with Crippen molar-refractivity contribution in [3.05, 3.63) is 12.7 Å². The summed E-state index contributed by atoms with van der Waals surface area (Å²) in [4.78, 5) is 44.5. The van der Waals surface area contributed by atoms with E-state index in [1.165, 1.54) is 6.08 Å². The lowest BCUT2D eigenvalue weighted by Crippen LogP contribution is -2.39. The number of carboxylic acids is 2. The van der Waals surface area contributed by atoms with Gasteiger partial charge in [-0.15, -0.1) is 0 Å². The molecule has 0 heterocycles. The topological polar surface area (TPSA) is 124 Å². The summed E-state index contributed by atoms with van der Waals surface area (Å²) in [5.41, 5.74) is 0. The quantitative estimate of drug-likeness (QED) is 0.360. The van der Waals surface area contributed by atoms with Crippen LogP contribution >= 0.6 is 0 Å². The zero-order valence-corrected chi connectivity index (χ0v) is 11.7. The maximum atomic E-state index is 11.7. The van der Waals surface area contributed by atoms with Gasteiger partial charge >= 0.3 is 11.9 Å². The van der Waals surface area contributed by atoms with Gasteiger partial charge in [-0.2, -0.15) is 0 Å². The molecule has 0 saturated carbocycles. The zero-order valence-electron chi connectivity index (χ0n) is 11.7. The second-order valence-corrected chi connectivity index (χ2v) is 4.34. The van der Waals surface area contributed by atoms with Gasteiger partial charge in [0.15, 0.2) is 0 Å². The lowest BCUT2D eigenvalue weighted by molar-refractivity contribution is -0.149. The molecule has 0 aliphatic carbocycles. The average molecular weight is 300 g/mol. The lowest BCUT2D eigenvalue weighted by atomic mass is 10.1. The third-order valence-corrected chi connectivity index (χ3v) is 2.56. The Labute approximate surface area is 122 Å². The molecule has 0 aliphatic heterocycles. The maximum Gasteiger partial charge on any atom is 0.323 e. The van der Waals surface area contributed by atoms with E-state index in [9.17, 15) is 19.2 Å². The van der Waals surface area contributed by atoms with Crippen LogP contribution in [-0.4, -0.2) is 58.5 Å². The molecule has 0 aromatic carbocycles. The molecule has 118 valence electrons. The van der Waals surface area contributed by atoms with Gasteiger partial charge in [0.25, 0.3) is 0 Å². The van der Waals surface area contributed by atoms with Crippen LogP contribution in [0.3, 0.4) is 0 Å². The third kappa shape index (κ3) is 10.1. The van der Waals surface area contributed by atoms with Crippen molar-refractivity contribution in [3.8, 4) is 0 Å². The summed E-state index contributed by atoms with van der Waals surface area (Å²) in [5.74, 6) is -3.27. The SMILES string of the molecule is C=CC(=O)NCCCCCC(=O)N(CC(=O)O)CC(=O)O. The molecule has 2 amide bonds. The molecule has 0 spiro atoms. The van der Waals surface area contributed by atoms with Crippen LogP contribution in [0.15, 0.2) is 12.7 Å². The Morgan fingerprint density at radius 2 is 1.57 bits per heavy atom. The first kappa shape index (κ1) is 18.6. The first-order valence-corrected chi connectivity index (χ1v) is 6.48. The second-order valence-electron chi connectivity index (χ2n) is 4.34. The molecule has 8 heteroatoms.